The fourth-order valence-corrected chi connectivity index (χ4v) is 2.67. The second kappa shape index (κ2) is 9.35. The van der Waals surface area contributed by atoms with Crippen molar-refractivity contribution in [1.82, 2.24) is 0 Å². The van der Waals surface area contributed by atoms with E-state index in [9.17, 15) is 9.79 Å². The van der Waals surface area contributed by atoms with Gasteiger partial charge in [0.25, 0.3) is 0 Å². The Kier molecular flexibility index (Phi) is 6.63. The van der Waals surface area contributed by atoms with Crippen LogP contribution in [0, 0.1) is 0 Å². The van der Waals surface area contributed by atoms with Gasteiger partial charge in [0.2, 0.25) is 0 Å². The summed E-state index contributed by atoms with van der Waals surface area (Å²) in [6.45, 7) is -0.249. The van der Waals surface area contributed by atoms with E-state index >= 15 is 0 Å². The molecular formula is C20H19O6P. The molecule has 140 valence electrons. The Morgan fingerprint density at radius 1 is 0.630 bits per heavy atom. The molecule has 3 aromatic rings. The average molecular weight is 386 g/mol. The van der Waals surface area contributed by atoms with E-state index < -0.39 is 14.6 Å². The van der Waals surface area contributed by atoms with Crippen LogP contribution in [0.3, 0.4) is 0 Å². The summed E-state index contributed by atoms with van der Waals surface area (Å²) >= 11 is 0. The molecule has 0 aromatic heterocycles. The van der Waals surface area contributed by atoms with Gasteiger partial charge in [-0.3, -0.25) is 0 Å². The first kappa shape index (κ1) is 19.1. The first-order valence-corrected chi connectivity index (χ1v) is 9.35. The Labute approximate surface area is 158 Å². The van der Waals surface area contributed by atoms with Crippen molar-refractivity contribution < 1.29 is 28.5 Å². The van der Waals surface area contributed by atoms with Crippen LogP contribution in [-0.2, 0) is 4.52 Å². The van der Waals surface area contributed by atoms with Crippen LogP contribution in [0.2, 0.25) is 0 Å². The van der Waals surface area contributed by atoms with Crippen molar-refractivity contribution >= 4 is 8.60 Å². The van der Waals surface area contributed by atoms with E-state index in [2.05, 4.69) is 0 Å². The van der Waals surface area contributed by atoms with Gasteiger partial charge in [-0.2, -0.15) is 0 Å². The minimum atomic E-state index is -2.79. The second-order valence-electron chi connectivity index (χ2n) is 5.46. The quantitative estimate of drug-likeness (QED) is 0.426. The molecule has 0 saturated heterocycles. The summed E-state index contributed by atoms with van der Waals surface area (Å²) in [7, 11) is -2.79. The number of hydrogen-bond donors (Lipinski definition) is 2. The third-order valence-electron chi connectivity index (χ3n) is 3.41. The summed E-state index contributed by atoms with van der Waals surface area (Å²) in [5.41, 5.74) is 0. The Balaban J connectivity index is 1.89. The summed E-state index contributed by atoms with van der Waals surface area (Å²) in [6.07, 6.45) is 0. The maximum atomic E-state index is 9.52. The normalized spacial score (nSPS) is 11.2. The van der Waals surface area contributed by atoms with Gasteiger partial charge in [-0.25, -0.2) is 4.52 Å². The number of ether oxygens (including phenoxy) is 3. The number of rotatable bonds is 9. The van der Waals surface area contributed by atoms with Crippen molar-refractivity contribution in [3.8, 4) is 17.2 Å². The molecule has 0 heterocycles. The molecule has 2 N–H and O–H groups in total. The van der Waals surface area contributed by atoms with Crippen molar-refractivity contribution in [1.29, 1.82) is 0 Å². The molecule has 27 heavy (non-hydrogen) atoms. The van der Waals surface area contributed by atoms with Crippen LogP contribution in [0.15, 0.2) is 91.0 Å². The molecule has 0 fully saturated rings. The zero-order valence-corrected chi connectivity index (χ0v) is 15.2. The zero-order valence-electron chi connectivity index (χ0n) is 14.3. The Hall–Kier alpha value is -2.63. The predicted molar refractivity (Wildman–Crippen MR) is 101 cm³/mol. The minimum Gasteiger partial charge on any atom is -0.482 e. The Bertz CT molecular complexity index is 757. The van der Waals surface area contributed by atoms with Crippen LogP contribution in [-0.4, -0.2) is 22.4 Å². The molecule has 0 spiro atoms. The van der Waals surface area contributed by atoms with Crippen LogP contribution >= 0.6 is 8.60 Å². The maximum absolute atomic E-state index is 9.52. The highest BCUT2D eigenvalue weighted by Crippen LogP contribution is 2.36. The smallest absolute Gasteiger partial charge is 0.414 e. The molecule has 0 bridgehead atoms. The maximum Gasteiger partial charge on any atom is 0.414 e. The lowest BCUT2D eigenvalue weighted by atomic mass is 10.3. The lowest BCUT2D eigenvalue weighted by Gasteiger charge is -2.33. The van der Waals surface area contributed by atoms with Crippen LogP contribution in [0.1, 0.15) is 0 Å². The first-order valence-electron chi connectivity index (χ1n) is 8.18. The summed E-state index contributed by atoms with van der Waals surface area (Å²) in [6, 6.07) is 26.6. The van der Waals surface area contributed by atoms with Gasteiger partial charge in [0.1, 0.15) is 17.2 Å². The average Bonchev–Trinajstić information content (AvgIpc) is 2.68. The van der Waals surface area contributed by atoms with E-state index in [0.717, 1.165) is 0 Å². The van der Waals surface area contributed by atoms with E-state index in [0.29, 0.717) is 17.2 Å². The monoisotopic (exact) mass is 386 g/mol. The van der Waals surface area contributed by atoms with Crippen molar-refractivity contribution in [3.05, 3.63) is 91.0 Å². The van der Waals surface area contributed by atoms with Crippen LogP contribution in [0.5, 0.6) is 17.2 Å². The fourth-order valence-electron chi connectivity index (χ4n) is 2.29. The topological polar surface area (TPSA) is 77.4 Å². The molecule has 0 aliphatic rings. The van der Waals surface area contributed by atoms with Crippen LogP contribution in [0.25, 0.3) is 0 Å². The lowest BCUT2D eigenvalue weighted by molar-refractivity contribution is -0.269. The molecule has 0 atom stereocenters. The highest BCUT2D eigenvalue weighted by molar-refractivity contribution is 7.39. The number of para-hydroxylation sites is 3. The number of benzene rings is 3. The summed E-state index contributed by atoms with van der Waals surface area (Å²) in [4.78, 5) is 19.0. The highest BCUT2D eigenvalue weighted by atomic mass is 31.2. The third kappa shape index (κ3) is 5.94. The van der Waals surface area contributed by atoms with E-state index in [1.807, 2.05) is 30.3 Å². The van der Waals surface area contributed by atoms with Crippen molar-refractivity contribution in [2.45, 2.75) is 5.97 Å². The van der Waals surface area contributed by atoms with Gasteiger partial charge >= 0.3 is 14.6 Å². The van der Waals surface area contributed by atoms with Crippen molar-refractivity contribution in [3.63, 3.8) is 0 Å². The highest BCUT2D eigenvalue weighted by Gasteiger charge is 2.42. The molecule has 7 heteroatoms. The van der Waals surface area contributed by atoms with Gasteiger partial charge in [-0.05, 0) is 36.4 Å². The van der Waals surface area contributed by atoms with Gasteiger partial charge in [0.15, 0.2) is 6.61 Å². The standard InChI is InChI=1S/C20H19O6P/c21-27(22)26-20(24-18-12-6-2-7-13-18,25-19-14-8-3-9-15-19)16-23-17-10-4-1-5-11-17/h1-15,21-22H,16H2. The molecule has 3 rings (SSSR count). The predicted octanol–water partition coefficient (Wildman–Crippen LogP) is 4.11. The molecule has 0 aliphatic heterocycles. The Morgan fingerprint density at radius 2 is 1.04 bits per heavy atom. The third-order valence-corrected chi connectivity index (χ3v) is 3.85. The van der Waals surface area contributed by atoms with Gasteiger partial charge in [0, 0.05) is 0 Å². The first-order chi connectivity index (χ1) is 13.2. The van der Waals surface area contributed by atoms with Gasteiger partial charge in [-0.15, -0.1) is 0 Å². The molecule has 3 aromatic carbocycles. The molecular weight excluding hydrogens is 367 g/mol. The second-order valence-corrected chi connectivity index (χ2v) is 6.15. The zero-order chi connectivity index (χ0) is 19.0. The molecule has 0 amide bonds. The van der Waals surface area contributed by atoms with Crippen LogP contribution in [0.4, 0.5) is 0 Å². The van der Waals surface area contributed by atoms with Crippen LogP contribution < -0.4 is 14.2 Å². The van der Waals surface area contributed by atoms with E-state index in [4.69, 9.17) is 18.7 Å². The van der Waals surface area contributed by atoms with Gasteiger partial charge in [0.05, 0.1) is 0 Å². The molecule has 0 radical (unpaired) electrons. The Morgan fingerprint density at radius 3 is 1.44 bits per heavy atom. The molecule has 0 unspecified atom stereocenters. The SMILES string of the molecule is OP(O)OC(COc1ccccc1)(Oc1ccccc1)Oc1ccccc1. The van der Waals surface area contributed by atoms with Gasteiger partial charge < -0.3 is 24.0 Å². The van der Waals surface area contributed by atoms with Crippen molar-refractivity contribution in [2.24, 2.45) is 0 Å². The van der Waals surface area contributed by atoms with Crippen molar-refractivity contribution in [2.75, 3.05) is 6.61 Å². The van der Waals surface area contributed by atoms with E-state index in [-0.39, 0.29) is 6.61 Å². The molecule has 0 aliphatic carbocycles. The number of hydrogen-bond acceptors (Lipinski definition) is 6. The minimum absolute atomic E-state index is 0.249. The van der Waals surface area contributed by atoms with E-state index in [1.54, 1.807) is 60.7 Å². The summed E-state index contributed by atoms with van der Waals surface area (Å²) < 4.78 is 22.7. The molecule has 6 nitrogen and oxygen atoms in total. The van der Waals surface area contributed by atoms with E-state index in [1.165, 1.54) is 0 Å². The summed E-state index contributed by atoms with van der Waals surface area (Å²) in [5, 5.41) is 0. The summed E-state index contributed by atoms with van der Waals surface area (Å²) in [5.74, 6) is -0.517. The van der Waals surface area contributed by atoms with Gasteiger partial charge in [-0.1, -0.05) is 54.6 Å². The lowest BCUT2D eigenvalue weighted by Crippen LogP contribution is -2.49. The molecule has 0 saturated carbocycles. The largest absolute Gasteiger partial charge is 0.482 e. The fraction of sp³-hybridized carbons (Fsp3) is 0.100.